The van der Waals surface area contributed by atoms with Crippen molar-refractivity contribution in [2.75, 3.05) is 26.2 Å². The zero-order chi connectivity index (χ0) is 17.1. The maximum absolute atomic E-state index is 13.1. The predicted molar refractivity (Wildman–Crippen MR) is 95.0 cm³/mol. The third-order valence-corrected chi connectivity index (χ3v) is 5.30. The SMILES string of the molecule is O=C(CN1CCCCCC1)N1CCc2[nH]cnc2C1c1cccnc1. The first kappa shape index (κ1) is 16.3. The third-order valence-electron chi connectivity index (χ3n) is 5.30. The van der Waals surface area contributed by atoms with Gasteiger partial charge in [0, 0.05) is 31.1 Å². The van der Waals surface area contributed by atoms with E-state index in [0.29, 0.717) is 6.54 Å². The lowest BCUT2D eigenvalue weighted by Crippen LogP contribution is -2.46. The van der Waals surface area contributed by atoms with Gasteiger partial charge >= 0.3 is 0 Å². The maximum atomic E-state index is 13.1. The third kappa shape index (κ3) is 3.44. The summed E-state index contributed by atoms with van der Waals surface area (Å²) >= 11 is 0. The number of pyridine rings is 1. The van der Waals surface area contributed by atoms with Crippen LogP contribution in [0.15, 0.2) is 30.9 Å². The Balaban J connectivity index is 1.58. The van der Waals surface area contributed by atoms with Crippen molar-refractivity contribution in [3.8, 4) is 0 Å². The molecule has 25 heavy (non-hydrogen) atoms. The van der Waals surface area contributed by atoms with Gasteiger partial charge in [-0.25, -0.2) is 4.98 Å². The fourth-order valence-corrected chi connectivity index (χ4v) is 4.00. The van der Waals surface area contributed by atoms with Crippen LogP contribution in [-0.2, 0) is 11.2 Å². The molecule has 6 nitrogen and oxygen atoms in total. The molecule has 0 bridgehead atoms. The number of aromatic amines is 1. The first-order valence-electron chi connectivity index (χ1n) is 9.27. The van der Waals surface area contributed by atoms with Crippen molar-refractivity contribution in [2.24, 2.45) is 0 Å². The molecule has 2 aromatic heterocycles. The molecule has 2 aromatic rings. The first-order chi connectivity index (χ1) is 12.3. The minimum atomic E-state index is -0.136. The van der Waals surface area contributed by atoms with E-state index < -0.39 is 0 Å². The Morgan fingerprint density at radius 2 is 2.04 bits per heavy atom. The van der Waals surface area contributed by atoms with E-state index in [0.717, 1.165) is 43.0 Å². The smallest absolute Gasteiger partial charge is 0.237 e. The summed E-state index contributed by atoms with van der Waals surface area (Å²) in [6.45, 7) is 3.30. The number of nitrogens with one attached hydrogen (secondary N) is 1. The molecule has 132 valence electrons. The standard InChI is InChI=1S/C19H25N5O/c25-17(13-23-9-3-1-2-4-10-23)24-11-7-16-18(22-14-21-16)19(24)15-6-5-8-20-12-15/h5-6,8,12,14,19H,1-4,7,9-11,13H2,(H,21,22). The summed E-state index contributed by atoms with van der Waals surface area (Å²) in [4.78, 5) is 29.4. The van der Waals surface area contributed by atoms with Crippen molar-refractivity contribution in [3.63, 3.8) is 0 Å². The largest absolute Gasteiger partial charge is 0.348 e. The zero-order valence-electron chi connectivity index (χ0n) is 14.5. The second kappa shape index (κ2) is 7.35. The number of nitrogens with zero attached hydrogens (tertiary/aromatic N) is 4. The van der Waals surface area contributed by atoms with Crippen LogP contribution in [0.2, 0.25) is 0 Å². The van der Waals surface area contributed by atoms with Crippen LogP contribution in [0.4, 0.5) is 0 Å². The van der Waals surface area contributed by atoms with Gasteiger partial charge in [-0.3, -0.25) is 14.7 Å². The predicted octanol–water partition coefficient (Wildman–Crippen LogP) is 2.15. The van der Waals surface area contributed by atoms with Crippen LogP contribution in [0.25, 0.3) is 0 Å². The molecular formula is C19H25N5O. The molecule has 1 fully saturated rings. The van der Waals surface area contributed by atoms with E-state index in [9.17, 15) is 4.79 Å². The second-order valence-electron chi connectivity index (χ2n) is 6.98. The number of rotatable bonds is 3. The van der Waals surface area contributed by atoms with Gasteiger partial charge in [0.15, 0.2) is 0 Å². The van der Waals surface area contributed by atoms with Crippen LogP contribution in [0, 0.1) is 0 Å². The number of aromatic nitrogens is 3. The number of imidazole rings is 1. The topological polar surface area (TPSA) is 65.1 Å². The van der Waals surface area contributed by atoms with Crippen molar-refractivity contribution in [1.29, 1.82) is 0 Å². The van der Waals surface area contributed by atoms with Gasteiger partial charge in [0.2, 0.25) is 5.91 Å². The molecule has 0 radical (unpaired) electrons. The summed E-state index contributed by atoms with van der Waals surface area (Å²) in [5, 5.41) is 0. The summed E-state index contributed by atoms with van der Waals surface area (Å²) in [6, 6.07) is 3.82. The molecule has 1 amide bonds. The highest BCUT2D eigenvalue weighted by Crippen LogP contribution is 2.33. The van der Waals surface area contributed by atoms with Crippen LogP contribution in [0.3, 0.4) is 0 Å². The van der Waals surface area contributed by atoms with Gasteiger partial charge in [-0.05, 0) is 37.6 Å². The molecule has 1 saturated heterocycles. The number of H-pyrrole nitrogens is 1. The lowest BCUT2D eigenvalue weighted by atomic mass is 9.96. The maximum Gasteiger partial charge on any atom is 0.237 e. The highest BCUT2D eigenvalue weighted by atomic mass is 16.2. The van der Waals surface area contributed by atoms with E-state index in [4.69, 9.17) is 0 Å². The van der Waals surface area contributed by atoms with Crippen molar-refractivity contribution in [1.82, 2.24) is 24.8 Å². The number of fused-ring (bicyclic) bond motifs is 1. The van der Waals surface area contributed by atoms with Gasteiger partial charge in [0.25, 0.3) is 0 Å². The van der Waals surface area contributed by atoms with Gasteiger partial charge in [-0.2, -0.15) is 0 Å². The Labute approximate surface area is 148 Å². The lowest BCUT2D eigenvalue weighted by Gasteiger charge is -2.36. The minimum Gasteiger partial charge on any atom is -0.348 e. The van der Waals surface area contributed by atoms with E-state index in [2.05, 4.69) is 19.9 Å². The van der Waals surface area contributed by atoms with Gasteiger partial charge in [0.05, 0.1) is 18.6 Å². The van der Waals surface area contributed by atoms with Gasteiger partial charge in [-0.15, -0.1) is 0 Å². The fraction of sp³-hybridized carbons (Fsp3) is 0.526. The Kier molecular flexibility index (Phi) is 4.78. The molecule has 2 aliphatic heterocycles. The zero-order valence-corrected chi connectivity index (χ0v) is 14.5. The van der Waals surface area contributed by atoms with Crippen LogP contribution in [-0.4, -0.2) is 56.8 Å². The second-order valence-corrected chi connectivity index (χ2v) is 6.98. The van der Waals surface area contributed by atoms with Crippen LogP contribution < -0.4 is 0 Å². The van der Waals surface area contributed by atoms with Crippen molar-refractivity contribution < 1.29 is 4.79 Å². The summed E-state index contributed by atoms with van der Waals surface area (Å²) < 4.78 is 0. The van der Waals surface area contributed by atoms with E-state index >= 15 is 0 Å². The van der Waals surface area contributed by atoms with E-state index in [1.807, 2.05) is 23.2 Å². The van der Waals surface area contributed by atoms with E-state index in [-0.39, 0.29) is 11.9 Å². The average molecular weight is 339 g/mol. The van der Waals surface area contributed by atoms with Gasteiger partial charge in [0.1, 0.15) is 6.04 Å². The summed E-state index contributed by atoms with van der Waals surface area (Å²) in [7, 11) is 0. The monoisotopic (exact) mass is 339 g/mol. The van der Waals surface area contributed by atoms with E-state index in [1.165, 1.54) is 25.7 Å². The number of amides is 1. The Morgan fingerprint density at radius 1 is 1.20 bits per heavy atom. The Morgan fingerprint density at radius 3 is 2.80 bits per heavy atom. The molecular weight excluding hydrogens is 314 g/mol. The molecule has 1 atom stereocenters. The molecule has 1 unspecified atom stereocenters. The molecule has 1 N–H and O–H groups in total. The number of hydrogen-bond donors (Lipinski definition) is 1. The number of likely N-dealkylation sites (tertiary alicyclic amines) is 1. The molecule has 0 spiro atoms. The molecule has 0 aliphatic carbocycles. The van der Waals surface area contributed by atoms with Crippen molar-refractivity contribution in [2.45, 2.75) is 38.1 Å². The highest BCUT2D eigenvalue weighted by Gasteiger charge is 2.34. The summed E-state index contributed by atoms with van der Waals surface area (Å²) in [5.41, 5.74) is 3.12. The van der Waals surface area contributed by atoms with Crippen molar-refractivity contribution >= 4 is 5.91 Å². The highest BCUT2D eigenvalue weighted by molar-refractivity contribution is 5.79. The molecule has 4 rings (SSSR count). The lowest BCUT2D eigenvalue weighted by molar-refractivity contribution is -0.134. The molecule has 0 saturated carbocycles. The van der Waals surface area contributed by atoms with Crippen LogP contribution >= 0.6 is 0 Å². The molecule has 0 aromatic carbocycles. The summed E-state index contributed by atoms with van der Waals surface area (Å²) in [5.74, 6) is 0.199. The Hall–Kier alpha value is -2.21. The normalized spacial score (nSPS) is 21.6. The Bertz CT molecular complexity index is 706. The molecule has 6 heteroatoms. The molecule has 4 heterocycles. The van der Waals surface area contributed by atoms with Crippen molar-refractivity contribution in [3.05, 3.63) is 47.8 Å². The average Bonchev–Trinajstić information content (AvgIpc) is 2.98. The first-order valence-corrected chi connectivity index (χ1v) is 9.27. The van der Waals surface area contributed by atoms with Gasteiger partial charge < -0.3 is 9.88 Å². The van der Waals surface area contributed by atoms with Crippen LogP contribution in [0.5, 0.6) is 0 Å². The number of hydrogen-bond acceptors (Lipinski definition) is 4. The van der Waals surface area contributed by atoms with Crippen LogP contribution in [0.1, 0.15) is 48.7 Å². The fourth-order valence-electron chi connectivity index (χ4n) is 4.00. The minimum absolute atomic E-state index is 0.136. The molecule has 2 aliphatic rings. The van der Waals surface area contributed by atoms with Gasteiger partial charge in [-0.1, -0.05) is 18.9 Å². The number of carbonyl (C=O) groups is 1. The van der Waals surface area contributed by atoms with E-state index in [1.54, 1.807) is 12.5 Å². The number of carbonyl (C=O) groups excluding carboxylic acids is 1. The quantitative estimate of drug-likeness (QED) is 0.931. The summed E-state index contributed by atoms with van der Waals surface area (Å²) in [6.07, 6.45) is 11.1.